The van der Waals surface area contributed by atoms with Gasteiger partial charge in [-0.25, -0.2) is 4.98 Å². The van der Waals surface area contributed by atoms with Crippen LogP contribution in [0.5, 0.6) is 0 Å². The largest absolute Gasteiger partial charge is 0.377 e. The molecule has 1 aromatic rings. The van der Waals surface area contributed by atoms with Crippen molar-refractivity contribution in [2.24, 2.45) is 7.05 Å². The predicted molar refractivity (Wildman–Crippen MR) is 65.1 cm³/mol. The van der Waals surface area contributed by atoms with Gasteiger partial charge in [0.2, 0.25) is 5.95 Å². The Bertz CT molecular complexity index is 321. The minimum Gasteiger partial charge on any atom is -0.377 e. The van der Waals surface area contributed by atoms with Crippen molar-refractivity contribution in [3.05, 3.63) is 12.4 Å². The fraction of sp³-hybridized carbons (Fsp3) is 0.727. The molecule has 16 heavy (non-hydrogen) atoms. The lowest BCUT2D eigenvalue weighted by Crippen LogP contribution is -2.38. The lowest BCUT2D eigenvalue weighted by Gasteiger charge is -2.32. The van der Waals surface area contributed by atoms with Crippen LogP contribution in [0.3, 0.4) is 0 Å². The monoisotopic (exact) mass is 243 g/mol. The van der Waals surface area contributed by atoms with Crippen LogP contribution in [0.1, 0.15) is 12.8 Å². The number of aromatic nitrogens is 2. The number of imidazole rings is 1. The third-order valence-electron chi connectivity index (χ3n) is 2.95. The maximum Gasteiger partial charge on any atom is 0.205 e. The van der Waals surface area contributed by atoms with Crippen molar-refractivity contribution in [2.45, 2.75) is 18.9 Å². The Morgan fingerprint density at radius 2 is 2.25 bits per heavy atom. The molecule has 0 amide bonds. The van der Waals surface area contributed by atoms with E-state index in [1.807, 2.05) is 19.4 Å². The molecular formula is C11H18ClN3O. The molecule has 1 aromatic heterocycles. The van der Waals surface area contributed by atoms with Crippen molar-refractivity contribution >= 4 is 17.5 Å². The van der Waals surface area contributed by atoms with E-state index in [0.29, 0.717) is 18.6 Å². The van der Waals surface area contributed by atoms with Gasteiger partial charge in [-0.15, -0.1) is 11.6 Å². The summed E-state index contributed by atoms with van der Waals surface area (Å²) in [5.74, 6) is 1.63. The molecule has 0 spiro atoms. The van der Waals surface area contributed by atoms with Gasteiger partial charge >= 0.3 is 0 Å². The summed E-state index contributed by atoms with van der Waals surface area (Å²) in [6.45, 7) is 2.68. The summed E-state index contributed by atoms with van der Waals surface area (Å²) in [7, 11) is 2.03. The van der Waals surface area contributed by atoms with Crippen LogP contribution in [0.4, 0.5) is 5.95 Å². The van der Waals surface area contributed by atoms with Crippen LogP contribution in [0.25, 0.3) is 0 Å². The Morgan fingerprint density at radius 1 is 1.50 bits per heavy atom. The lowest BCUT2D eigenvalue weighted by atomic mass is 10.1. The number of hydrogen-bond acceptors (Lipinski definition) is 3. The molecule has 2 rings (SSSR count). The van der Waals surface area contributed by atoms with E-state index in [1.165, 1.54) is 0 Å². The molecule has 90 valence electrons. The normalized spacial score (nSPS) is 18.0. The summed E-state index contributed by atoms with van der Waals surface area (Å²) >= 11 is 5.60. The molecule has 1 fully saturated rings. The number of rotatable bonds is 4. The van der Waals surface area contributed by atoms with Crippen LogP contribution in [0.2, 0.25) is 0 Å². The molecule has 0 saturated carbocycles. The highest BCUT2D eigenvalue weighted by Gasteiger charge is 2.21. The SMILES string of the molecule is Cn1ccnc1N1CCC(OCCCl)CC1. The first kappa shape index (κ1) is 11.7. The first-order valence-electron chi connectivity index (χ1n) is 5.71. The molecule has 1 saturated heterocycles. The molecule has 0 bridgehead atoms. The molecule has 0 atom stereocenters. The van der Waals surface area contributed by atoms with E-state index in [4.69, 9.17) is 16.3 Å². The van der Waals surface area contributed by atoms with E-state index in [-0.39, 0.29) is 0 Å². The minimum atomic E-state index is 0.371. The van der Waals surface area contributed by atoms with E-state index < -0.39 is 0 Å². The second-order valence-electron chi connectivity index (χ2n) is 4.08. The van der Waals surface area contributed by atoms with E-state index in [2.05, 4.69) is 14.5 Å². The van der Waals surface area contributed by atoms with E-state index in [1.54, 1.807) is 0 Å². The molecule has 0 aromatic carbocycles. The number of anilines is 1. The van der Waals surface area contributed by atoms with Crippen molar-refractivity contribution in [2.75, 3.05) is 30.5 Å². The second kappa shape index (κ2) is 5.55. The third-order valence-corrected chi connectivity index (χ3v) is 3.11. The van der Waals surface area contributed by atoms with Gasteiger partial charge in [-0.1, -0.05) is 0 Å². The van der Waals surface area contributed by atoms with Gasteiger partial charge in [0.25, 0.3) is 0 Å². The first-order valence-corrected chi connectivity index (χ1v) is 6.24. The summed E-state index contributed by atoms with van der Waals surface area (Å²) in [6, 6.07) is 0. The molecule has 4 nitrogen and oxygen atoms in total. The Kier molecular flexibility index (Phi) is 4.07. The van der Waals surface area contributed by atoms with Crippen molar-refractivity contribution in [1.82, 2.24) is 9.55 Å². The Balaban J connectivity index is 1.83. The van der Waals surface area contributed by atoms with Crippen molar-refractivity contribution in [3.8, 4) is 0 Å². The zero-order valence-electron chi connectivity index (χ0n) is 9.60. The van der Waals surface area contributed by atoms with Gasteiger partial charge in [-0.05, 0) is 12.8 Å². The highest BCUT2D eigenvalue weighted by atomic mass is 35.5. The van der Waals surface area contributed by atoms with E-state index >= 15 is 0 Å². The molecule has 0 aliphatic carbocycles. The molecule has 2 heterocycles. The zero-order valence-corrected chi connectivity index (χ0v) is 10.4. The highest BCUT2D eigenvalue weighted by Crippen LogP contribution is 2.19. The highest BCUT2D eigenvalue weighted by molar-refractivity contribution is 6.17. The lowest BCUT2D eigenvalue weighted by molar-refractivity contribution is 0.0469. The van der Waals surface area contributed by atoms with Crippen LogP contribution in [-0.4, -0.2) is 41.2 Å². The number of aryl methyl sites for hydroxylation is 1. The molecular weight excluding hydrogens is 226 g/mol. The quantitative estimate of drug-likeness (QED) is 0.754. The van der Waals surface area contributed by atoms with Gasteiger partial charge in [-0.2, -0.15) is 0 Å². The van der Waals surface area contributed by atoms with Crippen LogP contribution < -0.4 is 4.90 Å². The summed E-state index contributed by atoms with van der Waals surface area (Å²) in [5.41, 5.74) is 0. The van der Waals surface area contributed by atoms with Gasteiger partial charge in [0, 0.05) is 38.4 Å². The maximum absolute atomic E-state index is 5.64. The number of alkyl halides is 1. The molecule has 0 N–H and O–H groups in total. The van der Waals surface area contributed by atoms with Gasteiger partial charge in [0.15, 0.2) is 0 Å². The van der Waals surface area contributed by atoms with Crippen LogP contribution >= 0.6 is 11.6 Å². The van der Waals surface area contributed by atoms with E-state index in [9.17, 15) is 0 Å². The molecule has 0 radical (unpaired) electrons. The predicted octanol–water partition coefficient (Wildman–Crippen LogP) is 1.64. The van der Waals surface area contributed by atoms with Gasteiger partial charge < -0.3 is 14.2 Å². The van der Waals surface area contributed by atoms with Gasteiger partial charge in [0.05, 0.1) is 12.7 Å². The molecule has 1 aliphatic heterocycles. The average Bonchev–Trinajstić information content (AvgIpc) is 2.74. The van der Waals surface area contributed by atoms with Crippen molar-refractivity contribution in [1.29, 1.82) is 0 Å². The Morgan fingerprint density at radius 3 is 2.81 bits per heavy atom. The number of halogens is 1. The smallest absolute Gasteiger partial charge is 0.205 e. The zero-order chi connectivity index (χ0) is 11.4. The summed E-state index contributed by atoms with van der Waals surface area (Å²) < 4.78 is 7.70. The van der Waals surface area contributed by atoms with Gasteiger partial charge in [0.1, 0.15) is 0 Å². The molecule has 1 aliphatic rings. The minimum absolute atomic E-state index is 0.371. The standard InChI is InChI=1S/C11H18ClN3O/c1-14-8-5-13-11(14)15-6-2-10(3-7-15)16-9-4-12/h5,8,10H,2-4,6-7,9H2,1H3. The summed E-state index contributed by atoms with van der Waals surface area (Å²) in [6.07, 6.45) is 6.31. The first-order chi connectivity index (χ1) is 7.81. The second-order valence-corrected chi connectivity index (χ2v) is 4.46. The van der Waals surface area contributed by atoms with Crippen LogP contribution in [-0.2, 0) is 11.8 Å². The summed E-state index contributed by atoms with van der Waals surface area (Å²) in [5, 5.41) is 0. The van der Waals surface area contributed by atoms with E-state index in [0.717, 1.165) is 31.9 Å². The van der Waals surface area contributed by atoms with Crippen LogP contribution in [0, 0.1) is 0 Å². The third kappa shape index (κ3) is 2.68. The average molecular weight is 244 g/mol. The van der Waals surface area contributed by atoms with Crippen molar-refractivity contribution in [3.63, 3.8) is 0 Å². The molecule has 0 unspecified atom stereocenters. The number of piperidine rings is 1. The fourth-order valence-corrected chi connectivity index (χ4v) is 2.19. The van der Waals surface area contributed by atoms with Crippen molar-refractivity contribution < 1.29 is 4.74 Å². The van der Waals surface area contributed by atoms with Gasteiger partial charge in [-0.3, -0.25) is 0 Å². The van der Waals surface area contributed by atoms with Crippen LogP contribution in [0.15, 0.2) is 12.4 Å². The molecule has 5 heteroatoms. The maximum atomic E-state index is 5.64. The number of hydrogen-bond donors (Lipinski definition) is 0. The fourth-order valence-electron chi connectivity index (χ4n) is 2.10. The Hall–Kier alpha value is -0.740. The number of nitrogens with zero attached hydrogens (tertiary/aromatic N) is 3. The topological polar surface area (TPSA) is 30.3 Å². The summed E-state index contributed by atoms with van der Waals surface area (Å²) in [4.78, 5) is 6.66. The number of ether oxygens (including phenoxy) is 1. The Labute approximate surface area is 101 Å².